The summed E-state index contributed by atoms with van der Waals surface area (Å²) >= 11 is 0. The monoisotopic (exact) mass is 1010 g/mol. The van der Waals surface area contributed by atoms with E-state index in [9.17, 15) is 40.0 Å². The molecule has 0 atom stereocenters. The molecule has 2 aliphatic heterocycles. The number of ketones is 1. The summed E-state index contributed by atoms with van der Waals surface area (Å²) in [5, 5.41) is 6.98. The molecule has 0 radical (unpaired) electrons. The largest absolute Gasteiger partial charge is 0.415 e. The molecule has 2 amide bonds. The summed E-state index contributed by atoms with van der Waals surface area (Å²) in [4.78, 5) is 42.8. The third-order valence-corrected chi connectivity index (χ3v) is 15.7. The number of hydrogen-bond acceptors (Lipinski definition) is 13. The number of rotatable bonds is 20. The van der Waals surface area contributed by atoms with E-state index in [0.29, 0.717) is 80.2 Å². The lowest BCUT2D eigenvalue weighted by Crippen LogP contribution is -2.48. The van der Waals surface area contributed by atoms with Gasteiger partial charge in [0, 0.05) is 77.3 Å². The van der Waals surface area contributed by atoms with Crippen molar-refractivity contribution in [3.63, 3.8) is 0 Å². The van der Waals surface area contributed by atoms with Crippen molar-refractivity contribution >= 4 is 49.0 Å². The molecule has 1 aromatic heterocycles. The van der Waals surface area contributed by atoms with Crippen LogP contribution >= 0.6 is 0 Å². The van der Waals surface area contributed by atoms with Crippen molar-refractivity contribution < 1.29 is 44.4 Å². The minimum atomic E-state index is -3.65. The fourth-order valence-corrected chi connectivity index (χ4v) is 11.1. The van der Waals surface area contributed by atoms with Crippen molar-refractivity contribution in [2.24, 2.45) is 5.73 Å². The van der Waals surface area contributed by atoms with Crippen LogP contribution in [0.25, 0.3) is 11.5 Å². The Morgan fingerprint density at radius 2 is 1.03 bits per heavy atom. The smallest absolute Gasteiger partial charge is 0.314 e. The molecule has 2 aliphatic rings. The maximum Gasteiger partial charge on any atom is 0.314 e. The van der Waals surface area contributed by atoms with Crippen molar-refractivity contribution in [1.29, 1.82) is 0 Å². The van der Waals surface area contributed by atoms with E-state index in [2.05, 4.69) is 20.0 Å². The van der Waals surface area contributed by atoms with Crippen LogP contribution in [-0.2, 0) is 42.7 Å². The summed E-state index contributed by atoms with van der Waals surface area (Å²) in [6.07, 6.45) is -1.88. The average Bonchev–Trinajstić information content (AvgIpc) is 3.87. The molecule has 2 N–H and O–H groups in total. The Kier molecular flexibility index (Phi) is 19.1. The average molecular weight is 1010 g/mol. The minimum Gasteiger partial charge on any atom is -0.415 e. The lowest BCUT2D eigenvalue weighted by atomic mass is 10.1. The highest BCUT2D eigenvalue weighted by Crippen LogP contribution is 2.27. The van der Waals surface area contributed by atoms with Gasteiger partial charge in [-0.05, 0) is 73.5 Å². The highest BCUT2D eigenvalue weighted by atomic mass is 32.2. The Labute approximate surface area is 408 Å². The highest BCUT2D eigenvalue weighted by Gasteiger charge is 2.27. The van der Waals surface area contributed by atoms with Gasteiger partial charge in [-0.1, -0.05) is 72.8 Å². The normalized spacial score (nSPS) is 14.8. The van der Waals surface area contributed by atoms with Gasteiger partial charge >= 0.3 is 6.43 Å². The lowest BCUT2D eigenvalue weighted by Gasteiger charge is -2.34. The maximum absolute atomic E-state index is 13.4. The molecule has 2 saturated heterocycles. The van der Waals surface area contributed by atoms with Gasteiger partial charge in [0.15, 0.2) is 5.78 Å². The van der Waals surface area contributed by atoms with Gasteiger partial charge in [-0.3, -0.25) is 32.8 Å². The number of benzene rings is 4. The molecule has 17 nitrogen and oxygen atoms in total. The van der Waals surface area contributed by atoms with Gasteiger partial charge in [-0.25, -0.2) is 16.8 Å². The van der Waals surface area contributed by atoms with E-state index in [-0.39, 0.29) is 54.6 Å². The van der Waals surface area contributed by atoms with Crippen LogP contribution in [0, 0.1) is 0 Å². The number of alkyl halides is 2. The van der Waals surface area contributed by atoms with Gasteiger partial charge in [0.25, 0.3) is 5.89 Å². The van der Waals surface area contributed by atoms with Gasteiger partial charge < -0.3 is 20.0 Å². The van der Waals surface area contributed by atoms with Crippen molar-refractivity contribution in [3.05, 3.63) is 132 Å². The second-order valence-corrected chi connectivity index (χ2v) is 21.0. The number of carbonyl (C=O) groups excluding carboxylic acids is 3. The molecular formula is C49H61F2N9O8S2. The van der Waals surface area contributed by atoms with Crippen molar-refractivity contribution in [2.45, 2.75) is 46.2 Å². The van der Waals surface area contributed by atoms with Crippen LogP contribution in [0.2, 0.25) is 0 Å². The second kappa shape index (κ2) is 25.1. The van der Waals surface area contributed by atoms with Crippen LogP contribution < -0.4 is 14.3 Å². The minimum absolute atomic E-state index is 0.0225. The molecule has 2 fully saturated rings. The molecule has 0 aliphatic carbocycles. The summed E-state index contributed by atoms with van der Waals surface area (Å²) in [6.45, 7) is 10.3. The SMILES string of the molecule is CC(=O)N1CCN(CCCS(=O)(=O)N(Cc2ccc(-c3nnc(C(F)F)o3)cc2)c2ccccc2)CC1.CC(=O)N1CCN(CCCS(=O)(=O)N(Cc2ccc(C(=O)CN)cc2)c2ccccc2)CC1. The summed E-state index contributed by atoms with van der Waals surface area (Å²) in [6, 6.07) is 31.5. The number of Topliss-reactive ketones (excluding diaryl/α,β-unsaturated/α-hetero) is 1. The fraction of sp³-hybridized carbons (Fsp3) is 0.408. The van der Waals surface area contributed by atoms with Crippen LogP contribution in [0.3, 0.4) is 0 Å². The van der Waals surface area contributed by atoms with E-state index < -0.39 is 32.4 Å². The number of carbonyl (C=O) groups is 3. The van der Waals surface area contributed by atoms with Gasteiger partial charge in [0.2, 0.25) is 37.8 Å². The molecule has 70 heavy (non-hydrogen) atoms. The Bertz CT molecular complexity index is 2680. The summed E-state index contributed by atoms with van der Waals surface area (Å²) in [5.74, 6) is -0.790. The molecule has 376 valence electrons. The quantitative estimate of drug-likeness (QED) is 0.0988. The van der Waals surface area contributed by atoms with E-state index in [1.54, 1.807) is 104 Å². The van der Waals surface area contributed by atoms with Crippen LogP contribution in [0.5, 0.6) is 0 Å². The number of sulfonamides is 2. The Morgan fingerprint density at radius 3 is 1.40 bits per heavy atom. The first-order valence-corrected chi connectivity index (χ1v) is 26.3. The highest BCUT2D eigenvalue weighted by molar-refractivity contribution is 7.93. The number of amides is 2. The molecule has 0 unspecified atom stereocenters. The fourth-order valence-electron chi connectivity index (χ4n) is 8.06. The standard InChI is InChI=1S/C25H29F2N5O4S.C24H32N4O4S/c1-19(33)31-15-13-30(14-16-31)12-5-17-37(34,35)32(22-6-3-2-4-7-22)18-20-8-10-21(11-9-20)24-28-29-25(36-24)23(26)27;1-20(29)27-15-13-26(14-16-27)12-5-17-33(31,32)28(23-6-3-2-4-7-23)19-21-8-10-22(11-9-21)24(30)18-25/h2-4,6-11,23H,5,12-18H2,1H3;2-4,6-11H,5,12-19,25H2,1H3. The van der Waals surface area contributed by atoms with E-state index in [1.165, 1.54) is 8.61 Å². The summed E-state index contributed by atoms with van der Waals surface area (Å²) in [7, 11) is -7.22. The van der Waals surface area contributed by atoms with Gasteiger partial charge in [-0.15, -0.1) is 10.2 Å². The molecule has 0 saturated carbocycles. The predicted octanol–water partition coefficient (Wildman–Crippen LogP) is 5.28. The Hall–Kier alpha value is -6.13. The number of nitrogens with two attached hydrogens (primary N) is 1. The van der Waals surface area contributed by atoms with Crippen LogP contribution in [-0.4, -0.2) is 148 Å². The number of aromatic nitrogens is 2. The predicted molar refractivity (Wildman–Crippen MR) is 264 cm³/mol. The summed E-state index contributed by atoms with van der Waals surface area (Å²) in [5.41, 5.74) is 9.06. The molecule has 5 aromatic rings. The van der Waals surface area contributed by atoms with E-state index >= 15 is 0 Å². The zero-order chi connectivity index (χ0) is 50.3. The number of piperazine rings is 2. The first-order chi connectivity index (χ1) is 33.5. The number of hydrogen-bond donors (Lipinski definition) is 1. The lowest BCUT2D eigenvalue weighted by molar-refractivity contribution is -0.131. The molecule has 0 spiro atoms. The van der Waals surface area contributed by atoms with Crippen LogP contribution in [0.1, 0.15) is 60.5 Å². The molecule has 7 rings (SSSR count). The second-order valence-electron chi connectivity index (χ2n) is 17.0. The van der Waals surface area contributed by atoms with Crippen molar-refractivity contribution in [3.8, 4) is 11.5 Å². The zero-order valence-electron chi connectivity index (χ0n) is 39.5. The van der Waals surface area contributed by atoms with E-state index in [0.717, 1.165) is 31.7 Å². The van der Waals surface area contributed by atoms with Crippen molar-refractivity contribution in [2.75, 3.05) is 92.1 Å². The van der Waals surface area contributed by atoms with E-state index in [4.69, 9.17) is 10.2 Å². The zero-order valence-corrected chi connectivity index (χ0v) is 41.1. The maximum atomic E-state index is 13.4. The third-order valence-electron chi connectivity index (χ3n) is 12.1. The first-order valence-electron chi connectivity index (χ1n) is 23.1. The molecule has 21 heteroatoms. The van der Waals surface area contributed by atoms with Gasteiger partial charge in [0.05, 0.1) is 42.5 Å². The molecular weight excluding hydrogens is 945 g/mol. The van der Waals surface area contributed by atoms with Crippen LogP contribution in [0.15, 0.2) is 114 Å². The molecule has 4 aromatic carbocycles. The Morgan fingerprint density at radius 1 is 0.614 bits per heavy atom. The topological polar surface area (TPSA) is 204 Å². The molecule has 0 bridgehead atoms. The van der Waals surface area contributed by atoms with Crippen LogP contribution in [0.4, 0.5) is 20.2 Å². The van der Waals surface area contributed by atoms with Gasteiger partial charge in [-0.2, -0.15) is 8.78 Å². The number of halogens is 2. The molecule has 3 heterocycles. The summed E-state index contributed by atoms with van der Waals surface area (Å²) < 4.78 is 86.8. The third kappa shape index (κ3) is 15.2. The number of nitrogens with zero attached hydrogens (tertiary/aromatic N) is 8. The number of anilines is 2. The first kappa shape index (κ1) is 53.2. The van der Waals surface area contributed by atoms with E-state index in [1.807, 2.05) is 29.2 Å². The Balaban J connectivity index is 0.000000231. The van der Waals surface area contributed by atoms with Gasteiger partial charge in [0.1, 0.15) is 0 Å². The number of para-hydroxylation sites is 2. The van der Waals surface area contributed by atoms with Crippen molar-refractivity contribution in [1.82, 2.24) is 29.8 Å².